The summed E-state index contributed by atoms with van der Waals surface area (Å²) in [5, 5.41) is 2.41. The maximum atomic E-state index is 11.0. The van der Waals surface area contributed by atoms with Gasteiger partial charge in [0.2, 0.25) is 5.91 Å². The Morgan fingerprint density at radius 1 is 1.55 bits per heavy atom. The van der Waals surface area contributed by atoms with Crippen LogP contribution in [0.25, 0.3) is 0 Å². The summed E-state index contributed by atoms with van der Waals surface area (Å²) in [5.74, 6) is -0.0392. The predicted octanol–water partition coefficient (Wildman–Crippen LogP) is 1.92. The fourth-order valence-electron chi connectivity index (χ4n) is 0.685. The lowest BCUT2D eigenvalue weighted by Crippen LogP contribution is -2.31. The zero-order chi connectivity index (χ0) is 8.69. The molecule has 0 aliphatic carbocycles. The van der Waals surface area contributed by atoms with Crippen molar-refractivity contribution in [1.82, 2.24) is 5.32 Å². The zero-order valence-corrected chi connectivity index (χ0v) is 7.95. The van der Waals surface area contributed by atoms with Gasteiger partial charge in [0.25, 0.3) is 0 Å². The van der Waals surface area contributed by atoms with Gasteiger partial charge in [-0.15, -0.1) is 11.6 Å². The second kappa shape index (κ2) is 6.47. The Hall–Kier alpha value is -0.240. The second-order valence-electron chi connectivity index (χ2n) is 2.52. The lowest BCUT2D eigenvalue weighted by Gasteiger charge is -2.06. The molecule has 11 heavy (non-hydrogen) atoms. The van der Waals surface area contributed by atoms with Gasteiger partial charge in [-0.2, -0.15) is 0 Å². The number of carbonyl (C=O) groups excluding carboxylic acids is 1. The summed E-state index contributed by atoms with van der Waals surface area (Å²) < 4.78 is 0. The predicted molar refractivity (Wildman–Crippen MR) is 47.8 cm³/mol. The van der Waals surface area contributed by atoms with E-state index >= 15 is 0 Å². The van der Waals surface area contributed by atoms with Gasteiger partial charge < -0.3 is 5.32 Å². The molecule has 0 bridgehead atoms. The molecule has 0 radical (unpaired) electrons. The van der Waals surface area contributed by atoms with Gasteiger partial charge in [-0.25, -0.2) is 0 Å². The summed E-state index contributed by atoms with van der Waals surface area (Å²) in [6, 6.07) is 0. The average Bonchev–Trinajstić information content (AvgIpc) is 2.03. The van der Waals surface area contributed by atoms with Crippen molar-refractivity contribution >= 4 is 17.5 Å². The summed E-state index contributed by atoms with van der Waals surface area (Å²) in [6.07, 6.45) is 2.82. The minimum atomic E-state index is -0.355. The topological polar surface area (TPSA) is 29.1 Å². The van der Waals surface area contributed by atoms with Crippen LogP contribution in [0, 0.1) is 0 Å². The molecule has 0 aromatic rings. The Bertz CT molecular complexity index is 117. The fourth-order valence-corrected chi connectivity index (χ4v) is 0.762. The van der Waals surface area contributed by atoms with Gasteiger partial charge in [0, 0.05) is 6.54 Å². The third-order valence-corrected chi connectivity index (χ3v) is 1.98. The molecule has 0 rings (SSSR count). The van der Waals surface area contributed by atoms with E-state index in [1.165, 1.54) is 0 Å². The van der Waals surface area contributed by atoms with Gasteiger partial charge >= 0.3 is 0 Å². The first-order chi connectivity index (χ1) is 5.22. The Kier molecular flexibility index (Phi) is 6.33. The highest BCUT2D eigenvalue weighted by Gasteiger charge is 2.10. The van der Waals surface area contributed by atoms with E-state index in [1.54, 1.807) is 0 Å². The van der Waals surface area contributed by atoms with Crippen molar-refractivity contribution in [3.63, 3.8) is 0 Å². The lowest BCUT2D eigenvalue weighted by molar-refractivity contribution is -0.120. The summed E-state index contributed by atoms with van der Waals surface area (Å²) >= 11 is 5.68. The van der Waals surface area contributed by atoms with Gasteiger partial charge in [0.15, 0.2) is 0 Å². The van der Waals surface area contributed by atoms with Gasteiger partial charge in [-0.05, 0) is 12.8 Å². The van der Waals surface area contributed by atoms with Crippen LogP contribution in [0.5, 0.6) is 0 Å². The SMILES string of the molecule is CCCCNC(=O)C(Cl)CC. The minimum Gasteiger partial charge on any atom is -0.355 e. The molecule has 0 fully saturated rings. The normalized spacial score (nSPS) is 12.6. The summed E-state index contributed by atoms with van der Waals surface area (Å²) in [5.41, 5.74) is 0. The molecule has 0 aromatic heterocycles. The number of unbranched alkanes of at least 4 members (excludes halogenated alkanes) is 1. The molecular formula is C8H16ClNO. The van der Waals surface area contributed by atoms with Crippen molar-refractivity contribution in [1.29, 1.82) is 0 Å². The highest BCUT2D eigenvalue weighted by atomic mass is 35.5. The fraction of sp³-hybridized carbons (Fsp3) is 0.875. The van der Waals surface area contributed by atoms with Gasteiger partial charge in [0.1, 0.15) is 5.38 Å². The first kappa shape index (κ1) is 10.8. The summed E-state index contributed by atoms with van der Waals surface area (Å²) in [7, 11) is 0. The maximum Gasteiger partial charge on any atom is 0.238 e. The highest BCUT2D eigenvalue weighted by Crippen LogP contribution is 2.00. The number of hydrogen-bond acceptors (Lipinski definition) is 1. The van der Waals surface area contributed by atoms with E-state index in [1.807, 2.05) is 6.92 Å². The van der Waals surface area contributed by atoms with Crippen LogP contribution in [0.2, 0.25) is 0 Å². The van der Waals surface area contributed by atoms with Crippen LogP contribution in [0.15, 0.2) is 0 Å². The number of hydrogen-bond donors (Lipinski definition) is 1. The molecular weight excluding hydrogens is 162 g/mol. The van der Waals surface area contributed by atoms with Gasteiger partial charge in [-0.3, -0.25) is 4.79 Å². The van der Waals surface area contributed by atoms with E-state index in [9.17, 15) is 4.79 Å². The molecule has 1 unspecified atom stereocenters. The smallest absolute Gasteiger partial charge is 0.238 e. The van der Waals surface area contributed by atoms with Crippen molar-refractivity contribution in [2.24, 2.45) is 0 Å². The molecule has 0 aromatic carbocycles. The van der Waals surface area contributed by atoms with E-state index in [0.717, 1.165) is 19.4 Å². The first-order valence-corrected chi connectivity index (χ1v) is 4.57. The number of amides is 1. The van der Waals surface area contributed by atoms with E-state index in [-0.39, 0.29) is 11.3 Å². The molecule has 0 aliphatic rings. The van der Waals surface area contributed by atoms with E-state index in [4.69, 9.17) is 11.6 Å². The van der Waals surface area contributed by atoms with Crippen LogP contribution in [-0.2, 0) is 4.79 Å². The van der Waals surface area contributed by atoms with Crippen LogP contribution >= 0.6 is 11.6 Å². The largest absolute Gasteiger partial charge is 0.355 e. The number of carbonyl (C=O) groups is 1. The molecule has 0 saturated carbocycles. The molecule has 0 spiro atoms. The van der Waals surface area contributed by atoms with Crippen LogP contribution < -0.4 is 5.32 Å². The van der Waals surface area contributed by atoms with Gasteiger partial charge in [0.05, 0.1) is 0 Å². The zero-order valence-electron chi connectivity index (χ0n) is 7.19. The minimum absolute atomic E-state index is 0.0392. The van der Waals surface area contributed by atoms with Gasteiger partial charge in [-0.1, -0.05) is 20.3 Å². The van der Waals surface area contributed by atoms with Crippen molar-refractivity contribution in [3.05, 3.63) is 0 Å². The molecule has 0 heterocycles. The third-order valence-electron chi connectivity index (χ3n) is 1.47. The standard InChI is InChI=1S/C8H16ClNO/c1-3-5-6-10-8(11)7(9)4-2/h7H,3-6H2,1-2H3,(H,10,11). The molecule has 1 N–H and O–H groups in total. The quantitative estimate of drug-likeness (QED) is 0.505. The molecule has 66 valence electrons. The Morgan fingerprint density at radius 3 is 2.64 bits per heavy atom. The van der Waals surface area contributed by atoms with Crippen LogP contribution in [0.1, 0.15) is 33.1 Å². The molecule has 0 aliphatic heterocycles. The second-order valence-corrected chi connectivity index (χ2v) is 3.05. The summed E-state index contributed by atoms with van der Waals surface area (Å²) in [6.45, 7) is 4.74. The average molecular weight is 178 g/mol. The van der Waals surface area contributed by atoms with Crippen LogP contribution in [0.3, 0.4) is 0 Å². The van der Waals surface area contributed by atoms with Crippen molar-refractivity contribution < 1.29 is 4.79 Å². The van der Waals surface area contributed by atoms with Crippen LogP contribution in [0.4, 0.5) is 0 Å². The molecule has 0 saturated heterocycles. The Balaban J connectivity index is 3.36. The van der Waals surface area contributed by atoms with E-state index < -0.39 is 0 Å². The third kappa shape index (κ3) is 5.08. The Labute approximate surface area is 73.3 Å². The highest BCUT2D eigenvalue weighted by molar-refractivity contribution is 6.30. The van der Waals surface area contributed by atoms with E-state index in [0.29, 0.717) is 6.42 Å². The summed E-state index contributed by atoms with van der Waals surface area (Å²) in [4.78, 5) is 11.0. The first-order valence-electron chi connectivity index (χ1n) is 4.14. The molecule has 2 nitrogen and oxygen atoms in total. The molecule has 1 amide bonds. The molecule has 1 atom stereocenters. The van der Waals surface area contributed by atoms with Crippen molar-refractivity contribution in [2.75, 3.05) is 6.54 Å². The molecule has 3 heteroatoms. The lowest BCUT2D eigenvalue weighted by atomic mass is 10.3. The number of halogens is 1. The van der Waals surface area contributed by atoms with Crippen LogP contribution in [-0.4, -0.2) is 17.8 Å². The van der Waals surface area contributed by atoms with E-state index in [2.05, 4.69) is 12.2 Å². The number of alkyl halides is 1. The Morgan fingerprint density at radius 2 is 2.18 bits per heavy atom. The van der Waals surface area contributed by atoms with Crippen molar-refractivity contribution in [3.8, 4) is 0 Å². The number of nitrogens with one attached hydrogen (secondary N) is 1. The van der Waals surface area contributed by atoms with Crippen molar-refractivity contribution in [2.45, 2.75) is 38.5 Å². The number of rotatable bonds is 5. The maximum absolute atomic E-state index is 11.0. The monoisotopic (exact) mass is 177 g/mol.